The molecule has 0 spiro atoms. The zero-order chi connectivity index (χ0) is 12.0. The Morgan fingerprint density at radius 3 is 2.69 bits per heavy atom. The first-order chi connectivity index (χ1) is 7.65. The third kappa shape index (κ3) is 3.98. The predicted octanol–water partition coefficient (Wildman–Crippen LogP) is 0.483. The summed E-state index contributed by atoms with van der Waals surface area (Å²) in [5.74, 6) is 0. The number of urea groups is 1. The average molecular weight is 230 g/mol. The second-order valence-corrected chi connectivity index (χ2v) is 4.55. The van der Waals surface area contributed by atoms with Gasteiger partial charge >= 0.3 is 6.03 Å². The van der Waals surface area contributed by atoms with Crippen LogP contribution >= 0.6 is 0 Å². The standard InChI is InChI=1S/C11H22N2O3/c1-3-9(6-16-2)13-10(15)12-7-11(8-14)4-5-11/h9,14H,3-8H2,1-2H3,(H2,12,13,15). The third-order valence-corrected chi connectivity index (χ3v) is 3.11. The molecule has 5 nitrogen and oxygen atoms in total. The predicted molar refractivity (Wildman–Crippen MR) is 61.2 cm³/mol. The zero-order valence-electron chi connectivity index (χ0n) is 10.1. The molecule has 0 heterocycles. The molecule has 1 fully saturated rings. The van der Waals surface area contributed by atoms with Crippen LogP contribution in [0.15, 0.2) is 0 Å². The van der Waals surface area contributed by atoms with Crippen molar-refractivity contribution >= 4 is 6.03 Å². The second kappa shape index (κ2) is 6.06. The van der Waals surface area contributed by atoms with Gasteiger partial charge < -0.3 is 20.5 Å². The third-order valence-electron chi connectivity index (χ3n) is 3.11. The van der Waals surface area contributed by atoms with Crippen LogP contribution < -0.4 is 10.6 Å². The van der Waals surface area contributed by atoms with Gasteiger partial charge in [0.25, 0.3) is 0 Å². The monoisotopic (exact) mass is 230 g/mol. The van der Waals surface area contributed by atoms with Crippen LogP contribution in [0, 0.1) is 5.41 Å². The van der Waals surface area contributed by atoms with E-state index in [1.807, 2.05) is 6.92 Å². The molecule has 5 heteroatoms. The zero-order valence-corrected chi connectivity index (χ0v) is 10.1. The lowest BCUT2D eigenvalue weighted by Gasteiger charge is -2.18. The quantitative estimate of drug-likeness (QED) is 0.596. The Kier molecular flexibility index (Phi) is 5.02. The van der Waals surface area contributed by atoms with Crippen LogP contribution in [0.3, 0.4) is 0 Å². The van der Waals surface area contributed by atoms with Gasteiger partial charge in [0.2, 0.25) is 0 Å². The highest BCUT2D eigenvalue weighted by Crippen LogP contribution is 2.44. The van der Waals surface area contributed by atoms with E-state index in [9.17, 15) is 4.79 Å². The van der Waals surface area contributed by atoms with Crippen LogP contribution in [0.1, 0.15) is 26.2 Å². The Morgan fingerprint density at radius 1 is 1.56 bits per heavy atom. The smallest absolute Gasteiger partial charge is 0.315 e. The second-order valence-electron chi connectivity index (χ2n) is 4.55. The van der Waals surface area contributed by atoms with Crippen LogP contribution in [0.4, 0.5) is 4.79 Å². The number of carbonyl (C=O) groups excluding carboxylic acids is 1. The van der Waals surface area contributed by atoms with Gasteiger partial charge in [0.15, 0.2) is 0 Å². The molecule has 1 aliphatic carbocycles. The molecule has 0 saturated heterocycles. The van der Waals surface area contributed by atoms with Gasteiger partial charge in [-0.2, -0.15) is 0 Å². The highest BCUT2D eigenvalue weighted by atomic mass is 16.5. The molecular weight excluding hydrogens is 208 g/mol. The number of nitrogens with one attached hydrogen (secondary N) is 2. The number of hydrogen-bond acceptors (Lipinski definition) is 3. The van der Waals surface area contributed by atoms with Gasteiger partial charge in [-0.1, -0.05) is 6.92 Å². The number of carbonyl (C=O) groups is 1. The Bertz CT molecular complexity index is 229. The van der Waals surface area contributed by atoms with Crippen LogP contribution in [-0.4, -0.2) is 44.0 Å². The van der Waals surface area contributed by atoms with Crippen molar-refractivity contribution in [3.05, 3.63) is 0 Å². The molecule has 0 aromatic heterocycles. The Morgan fingerprint density at radius 2 is 2.25 bits per heavy atom. The first-order valence-corrected chi connectivity index (χ1v) is 5.80. The van der Waals surface area contributed by atoms with Gasteiger partial charge in [-0.25, -0.2) is 4.79 Å². The maximum atomic E-state index is 11.5. The highest BCUT2D eigenvalue weighted by Gasteiger charge is 2.42. The van der Waals surface area contributed by atoms with Crippen molar-refractivity contribution in [2.24, 2.45) is 5.41 Å². The van der Waals surface area contributed by atoms with Gasteiger partial charge in [0.05, 0.1) is 19.3 Å². The summed E-state index contributed by atoms with van der Waals surface area (Å²) in [6, 6.07) is -0.127. The van der Waals surface area contributed by atoms with Crippen molar-refractivity contribution in [3.8, 4) is 0 Å². The average Bonchev–Trinajstić information content (AvgIpc) is 3.06. The molecule has 3 N–H and O–H groups in total. The van der Waals surface area contributed by atoms with Gasteiger partial charge in [0.1, 0.15) is 0 Å². The summed E-state index contributed by atoms with van der Waals surface area (Å²) in [6.07, 6.45) is 2.84. The van der Waals surface area contributed by atoms with Gasteiger partial charge in [-0.3, -0.25) is 0 Å². The molecular formula is C11H22N2O3. The Labute approximate surface area is 96.6 Å². The first-order valence-electron chi connectivity index (χ1n) is 5.80. The molecule has 94 valence electrons. The van der Waals surface area contributed by atoms with Crippen molar-refractivity contribution in [1.29, 1.82) is 0 Å². The lowest BCUT2D eigenvalue weighted by Crippen LogP contribution is -2.45. The molecule has 1 rings (SSSR count). The van der Waals surface area contributed by atoms with E-state index in [0.717, 1.165) is 19.3 Å². The normalized spacial score (nSPS) is 18.9. The van der Waals surface area contributed by atoms with Gasteiger partial charge in [-0.15, -0.1) is 0 Å². The summed E-state index contributed by atoms with van der Waals surface area (Å²) in [4.78, 5) is 11.5. The number of hydrogen-bond donors (Lipinski definition) is 3. The van der Waals surface area contributed by atoms with Crippen molar-refractivity contribution in [2.75, 3.05) is 26.9 Å². The van der Waals surface area contributed by atoms with Gasteiger partial charge in [0, 0.05) is 19.1 Å². The Balaban J connectivity index is 2.19. The molecule has 1 saturated carbocycles. The van der Waals surface area contributed by atoms with E-state index in [4.69, 9.17) is 9.84 Å². The minimum Gasteiger partial charge on any atom is -0.396 e. The number of amides is 2. The summed E-state index contributed by atoms with van der Waals surface area (Å²) in [6.45, 7) is 3.23. The van der Waals surface area contributed by atoms with Crippen LogP contribution in [0.5, 0.6) is 0 Å². The first kappa shape index (κ1) is 13.3. The molecule has 1 atom stereocenters. The molecule has 0 bridgehead atoms. The summed E-state index contributed by atoms with van der Waals surface area (Å²) in [7, 11) is 1.62. The lowest BCUT2D eigenvalue weighted by molar-refractivity contribution is 0.162. The molecule has 0 aromatic rings. The van der Waals surface area contributed by atoms with Crippen LogP contribution in [0.2, 0.25) is 0 Å². The van der Waals surface area contributed by atoms with E-state index in [-0.39, 0.29) is 24.1 Å². The van der Waals surface area contributed by atoms with Crippen molar-refractivity contribution in [1.82, 2.24) is 10.6 Å². The number of ether oxygens (including phenoxy) is 1. The van der Waals surface area contributed by atoms with E-state index < -0.39 is 0 Å². The number of aliphatic hydroxyl groups is 1. The number of methoxy groups -OCH3 is 1. The molecule has 0 aliphatic heterocycles. The maximum absolute atomic E-state index is 11.5. The molecule has 1 aliphatic rings. The fourth-order valence-electron chi connectivity index (χ4n) is 1.53. The van der Waals surface area contributed by atoms with E-state index in [2.05, 4.69) is 10.6 Å². The van der Waals surface area contributed by atoms with E-state index in [1.54, 1.807) is 7.11 Å². The summed E-state index contributed by atoms with van der Waals surface area (Å²) >= 11 is 0. The van der Waals surface area contributed by atoms with E-state index >= 15 is 0 Å². The highest BCUT2D eigenvalue weighted by molar-refractivity contribution is 5.74. The minimum absolute atomic E-state index is 0.0414. The summed E-state index contributed by atoms with van der Waals surface area (Å²) in [5, 5.41) is 14.7. The topological polar surface area (TPSA) is 70.6 Å². The van der Waals surface area contributed by atoms with Crippen molar-refractivity contribution < 1.29 is 14.6 Å². The fraction of sp³-hybridized carbons (Fsp3) is 0.909. The SMILES string of the molecule is CCC(COC)NC(=O)NCC1(CO)CC1. The van der Waals surface area contributed by atoms with Gasteiger partial charge in [-0.05, 0) is 19.3 Å². The number of rotatable bonds is 7. The van der Waals surface area contributed by atoms with Crippen LogP contribution in [0.25, 0.3) is 0 Å². The minimum atomic E-state index is -0.177. The molecule has 2 amide bonds. The lowest BCUT2D eigenvalue weighted by atomic mass is 10.1. The molecule has 1 unspecified atom stereocenters. The summed E-state index contributed by atoms with van der Waals surface area (Å²) in [5.41, 5.74) is -0.0414. The molecule has 0 radical (unpaired) electrons. The summed E-state index contributed by atoms with van der Waals surface area (Å²) < 4.78 is 4.99. The largest absolute Gasteiger partial charge is 0.396 e. The Hall–Kier alpha value is -0.810. The molecule has 16 heavy (non-hydrogen) atoms. The number of aliphatic hydroxyl groups excluding tert-OH is 1. The van der Waals surface area contributed by atoms with E-state index in [0.29, 0.717) is 13.2 Å². The fourth-order valence-corrected chi connectivity index (χ4v) is 1.53. The van der Waals surface area contributed by atoms with Crippen LogP contribution in [-0.2, 0) is 4.74 Å². The van der Waals surface area contributed by atoms with E-state index in [1.165, 1.54) is 0 Å². The molecule has 0 aromatic carbocycles. The van der Waals surface area contributed by atoms with Crippen molar-refractivity contribution in [3.63, 3.8) is 0 Å². The van der Waals surface area contributed by atoms with Crippen molar-refractivity contribution in [2.45, 2.75) is 32.2 Å². The maximum Gasteiger partial charge on any atom is 0.315 e.